The molecule has 0 aliphatic heterocycles. The monoisotopic (exact) mass is 317 g/mol. The van der Waals surface area contributed by atoms with Gasteiger partial charge in [-0.15, -0.1) is 11.6 Å². The number of alkyl halides is 1. The van der Waals surface area contributed by atoms with Crippen molar-refractivity contribution in [1.82, 2.24) is 4.72 Å². The van der Waals surface area contributed by atoms with Crippen LogP contribution >= 0.6 is 11.6 Å². The van der Waals surface area contributed by atoms with Crippen LogP contribution in [0.2, 0.25) is 0 Å². The molecule has 0 aromatic heterocycles. The first-order valence-corrected chi connectivity index (χ1v) is 8.97. The molecule has 0 heterocycles. The molecule has 20 heavy (non-hydrogen) atoms. The Hall–Kier alpha value is -0.580. The highest BCUT2D eigenvalue weighted by molar-refractivity contribution is 7.89. The van der Waals surface area contributed by atoms with Gasteiger partial charge in [0.1, 0.15) is 0 Å². The topological polar surface area (TPSA) is 46.2 Å². The highest BCUT2D eigenvalue weighted by Crippen LogP contribution is 2.21. The summed E-state index contributed by atoms with van der Waals surface area (Å²) in [5, 5.41) is 0. The molecule has 0 aliphatic carbocycles. The molecule has 0 saturated heterocycles. The lowest BCUT2D eigenvalue weighted by Gasteiger charge is -2.23. The molecule has 0 unspecified atom stereocenters. The molecule has 1 aromatic rings. The molecular formula is C15H24ClNO2S. The van der Waals surface area contributed by atoms with Crippen LogP contribution in [0, 0.1) is 5.41 Å². The molecule has 0 spiro atoms. The molecule has 0 saturated carbocycles. The Kier molecular flexibility index (Phi) is 6.49. The first-order chi connectivity index (χ1) is 9.30. The van der Waals surface area contributed by atoms with Gasteiger partial charge in [0, 0.05) is 12.4 Å². The van der Waals surface area contributed by atoms with Gasteiger partial charge in [0.25, 0.3) is 0 Å². The van der Waals surface area contributed by atoms with Crippen molar-refractivity contribution in [2.45, 2.75) is 44.9 Å². The third-order valence-corrected chi connectivity index (χ3v) is 4.89. The number of benzene rings is 1. The van der Waals surface area contributed by atoms with Crippen molar-refractivity contribution >= 4 is 21.6 Å². The first-order valence-electron chi connectivity index (χ1n) is 6.95. The lowest BCUT2D eigenvalue weighted by molar-refractivity contribution is 0.352. The highest BCUT2D eigenvalue weighted by atomic mass is 35.5. The second-order valence-corrected chi connectivity index (χ2v) is 7.97. The van der Waals surface area contributed by atoms with E-state index in [1.54, 1.807) is 12.1 Å². The Morgan fingerprint density at radius 1 is 1.20 bits per heavy atom. The van der Waals surface area contributed by atoms with E-state index in [1.807, 2.05) is 26.0 Å². The van der Waals surface area contributed by atoms with Crippen LogP contribution in [-0.4, -0.2) is 20.8 Å². The molecule has 0 atom stereocenters. The van der Waals surface area contributed by atoms with Gasteiger partial charge < -0.3 is 0 Å². The Bertz CT molecular complexity index is 509. The van der Waals surface area contributed by atoms with Gasteiger partial charge in [-0.05, 0) is 36.0 Å². The average molecular weight is 318 g/mol. The smallest absolute Gasteiger partial charge is 0.211 e. The van der Waals surface area contributed by atoms with Crippen LogP contribution in [0.5, 0.6) is 0 Å². The maximum Gasteiger partial charge on any atom is 0.240 e. The summed E-state index contributed by atoms with van der Waals surface area (Å²) < 4.78 is 27.1. The Morgan fingerprint density at radius 3 is 2.30 bits per heavy atom. The SMILES string of the molecule is CCCc1ccc(S(=O)(=O)NCC(C)(C)CCCl)cc1. The van der Waals surface area contributed by atoms with Crippen LogP contribution in [-0.2, 0) is 16.4 Å². The van der Waals surface area contributed by atoms with Gasteiger partial charge in [0.15, 0.2) is 0 Å². The zero-order chi connectivity index (χ0) is 15.2. The van der Waals surface area contributed by atoms with E-state index in [2.05, 4.69) is 11.6 Å². The fraction of sp³-hybridized carbons (Fsp3) is 0.600. The van der Waals surface area contributed by atoms with Crippen molar-refractivity contribution in [1.29, 1.82) is 0 Å². The standard InChI is InChI=1S/C15H24ClNO2S/c1-4-5-13-6-8-14(9-7-13)20(18,19)17-12-15(2,3)10-11-16/h6-9,17H,4-5,10-12H2,1-3H3. The van der Waals surface area contributed by atoms with E-state index < -0.39 is 10.0 Å². The molecule has 114 valence electrons. The van der Waals surface area contributed by atoms with E-state index in [9.17, 15) is 8.42 Å². The van der Waals surface area contributed by atoms with E-state index in [4.69, 9.17) is 11.6 Å². The molecule has 0 bridgehead atoms. The summed E-state index contributed by atoms with van der Waals surface area (Å²) in [4.78, 5) is 0.319. The summed E-state index contributed by atoms with van der Waals surface area (Å²) in [6, 6.07) is 7.09. The molecule has 1 aromatic carbocycles. The number of halogens is 1. The molecule has 0 radical (unpaired) electrons. The van der Waals surface area contributed by atoms with Crippen LogP contribution in [0.1, 0.15) is 39.2 Å². The van der Waals surface area contributed by atoms with E-state index in [0.717, 1.165) is 24.8 Å². The average Bonchev–Trinajstić information content (AvgIpc) is 2.38. The molecule has 1 N–H and O–H groups in total. The Balaban J connectivity index is 2.73. The van der Waals surface area contributed by atoms with Gasteiger partial charge >= 0.3 is 0 Å². The molecule has 0 amide bonds. The summed E-state index contributed by atoms with van der Waals surface area (Å²) in [6.45, 7) is 6.49. The zero-order valence-electron chi connectivity index (χ0n) is 12.4. The number of sulfonamides is 1. The summed E-state index contributed by atoms with van der Waals surface area (Å²) >= 11 is 5.72. The number of hydrogen-bond donors (Lipinski definition) is 1. The summed E-state index contributed by atoms with van der Waals surface area (Å²) in [6.07, 6.45) is 2.79. The lowest BCUT2D eigenvalue weighted by atomic mass is 9.91. The van der Waals surface area contributed by atoms with E-state index in [-0.39, 0.29) is 5.41 Å². The zero-order valence-corrected chi connectivity index (χ0v) is 14.0. The van der Waals surface area contributed by atoms with Gasteiger partial charge in [-0.25, -0.2) is 13.1 Å². The number of rotatable bonds is 8. The Morgan fingerprint density at radius 2 is 1.80 bits per heavy atom. The Labute approximate surface area is 127 Å². The van der Waals surface area contributed by atoms with Crippen molar-refractivity contribution in [3.05, 3.63) is 29.8 Å². The molecule has 3 nitrogen and oxygen atoms in total. The van der Waals surface area contributed by atoms with Gasteiger partial charge in [0.05, 0.1) is 4.90 Å². The minimum Gasteiger partial charge on any atom is -0.211 e. The predicted octanol–water partition coefficient (Wildman–Crippen LogP) is 3.57. The molecule has 0 aliphatic rings. The third-order valence-electron chi connectivity index (χ3n) is 3.28. The minimum atomic E-state index is -3.44. The fourth-order valence-electron chi connectivity index (χ4n) is 1.84. The maximum absolute atomic E-state index is 12.2. The van der Waals surface area contributed by atoms with E-state index in [1.165, 1.54) is 0 Å². The van der Waals surface area contributed by atoms with Gasteiger partial charge in [-0.2, -0.15) is 0 Å². The molecular weight excluding hydrogens is 294 g/mol. The first kappa shape index (κ1) is 17.5. The van der Waals surface area contributed by atoms with Crippen LogP contribution in [0.25, 0.3) is 0 Å². The van der Waals surface area contributed by atoms with Crippen molar-refractivity contribution in [2.75, 3.05) is 12.4 Å². The van der Waals surface area contributed by atoms with Crippen molar-refractivity contribution < 1.29 is 8.42 Å². The van der Waals surface area contributed by atoms with Crippen LogP contribution in [0.4, 0.5) is 0 Å². The quantitative estimate of drug-likeness (QED) is 0.745. The van der Waals surface area contributed by atoms with Gasteiger partial charge in [0.2, 0.25) is 10.0 Å². The van der Waals surface area contributed by atoms with Crippen LogP contribution < -0.4 is 4.72 Å². The second-order valence-electron chi connectivity index (χ2n) is 5.82. The van der Waals surface area contributed by atoms with E-state index in [0.29, 0.717) is 17.3 Å². The maximum atomic E-state index is 12.2. The molecule has 5 heteroatoms. The number of hydrogen-bond acceptors (Lipinski definition) is 2. The van der Waals surface area contributed by atoms with Crippen molar-refractivity contribution in [3.63, 3.8) is 0 Å². The van der Waals surface area contributed by atoms with Gasteiger partial charge in [-0.1, -0.05) is 39.3 Å². The molecule has 0 fully saturated rings. The van der Waals surface area contributed by atoms with Crippen LogP contribution in [0.15, 0.2) is 29.2 Å². The summed E-state index contributed by atoms with van der Waals surface area (Å²) in [5.41, 5.74) is 1.02. The summed E-state index contributed by atoms with van der Waals surface area (Å²) in [5.74, 6) is 0.528. The second kappa shape index (κ2) is 7.43. The van der Waals surface area contributed by atoms with Gasteiger partial charge in [-0.3, -0.25) is 0 Å². The number of aryl methyl sites for hydroxylation is 1. The van der Waals surface area contributed by atoms with Crippen molar-refractivity contribution in [3.8, 4) is 0 Å². The normalized spacial score (nSPS) is 12.6. The highest BCUT2D eigenvalue weighted by Gasteiger charge is 2.21. The van der Waals surface area contributed by atoms with Crippen molar-refractivity contribution in [2.24, 2.45) is 5.41 Å². The minimum absolute atomic E-state index is 0.142. The van der Waals surface area contributed by atoms with Crippen LogP contribution in [0.3, 0.4) is 0 Å². The third kappa shape index (κ3) is 5.43. The molecule has 1 rings (SSSR count). The fourth-order valence-corrected chi connectivity index (χ4v) is 3.60. The lowest BCUT2D eigenvalue weighted by Crippen LogP contribution is -2.34. The summed E-state index contributed by atoms with van der Waals surface area (Å²) in [7, 11) is -3.44. The predicted molar refractivity (Wildman–Crippen MR) is 84.7 cm³/mol. The largest absolute Gasteiger partial charge is 0.240 e. The number of nitrogens with one attached hydrogen (secondary N) is 1. The van der Waals surface area contributed by atoms with E-state index >= 15 is 0 Å².